The van der Waals surface area contributed by atoms with Gasteiger partial charge in [0.05, 0.1) is 14.2 Å². The number of nitrogens with zero attached hydrogens (tertiary/aromatic N) is 2. The lowest BCUT2D eigenvalue weighted by Crippen LogP contribution is -2.25. The molecule has 1 fully saturated rings. The van der Waals surface area contributed by atoms with Gasteiger partial charge in [0.25, 0.3) is 5.88 Å². The van der Waals surface area contributed by atoms with Gasteiger partial charge >= 0.3 is 0 Å². The summed E-state index contributed by atoms with van der Waals surface area (Å²) in [5.41, 5.74) is 0. The van der Waals surface area contributed by atoms with Crippen molar-refractivity contribution in [3.05, 3.63) is 36.3 Å². The van der Waals surface area contributed by atoms with E-state index >= 15 is 0 Å². The fourth-order valence-corrected chi connectivity index (χ4v) is 3.48. The van der Waals surface area contributed by atoms with Crippen LogP contribution in [0.5, 0.6) is 17.4 Å². The average Bonchev–Trinajstić information content (AvgIpc) is 2.52. The highest BCUT2D eigenvalue weighted by atomic mass is 127. The highest BCUT2D eigenvalue weighted by molar-refractivity contribution is 14.1. The fourth-order valence-electron chi connectivity index (χ4n) is 1.84. The van der Waals surface area contributed by atoms with E-state index in [2.05, 4.69) is 71.1 Å². The maximum Gasteiger partial charge on any atom is 0.258 e. The molecule has 0 atom stereocenters. The molecule has 0 spiro atoms. The second-order valence-electron chi connectivity index (χ2n) is 4.94. The van der Waals surface area contributed by atoms with E-state index in [0.29, 0.717) is 12.0 Å². The van der Waals surface area contributed by atoms with E-state index in [0.717, 1.165) is 36.3 Å². The maximum atomic E-state index is 5.71. The molecule has 24 heavy (non-hydrogen) atoms. The smallest absolute Gasteiger partial charge is 0.258 e. The third-order valence-electron chi connectivity index (χ3n) is 3.34. The third kappa shape index (κ3) is 5.87. The van der Waals surface area contributed by atoms with Gasteiger partial charge < -0.3 is 14.2 Å². The maximum absolute atomic E-state index is 5.71. The predicted molar refractivity (Wildman–Crippen MR) is 113 cm³/mol. The molecule has 2 aromatic heterocycles. The van der Waals surface area contributed by atoms with Crippen LogP contribution in [0.4, 0.5) is 0 Å². The summed E-state index contributed by atoms with van der Waals surface area (Å²) in [6, 6.07) is 7.57. The van der Waals surface area contributed by atoms with E-state index in [1.165, 1.54) is 6.42 Å². The van der Waals surface area contributed by atoms with Crippen LogP contribution in [0.3, 0.4) is 0 Å². The third-order valence-corrected chi connectivity index (χ3v) is 5.11. The van der Waals surface area contributed by atoms with Gasteiger partial charge in [-0.2, -0.15) is 0 Å². The lowest BCUT2D eigenvalue weighted by molar-refractivity contribution is 0.110. The van der Waals surface area contributed by atoms with Crippen molar-refractivity contribution in [1.29, 1.82) is 0 Å². The summed E-state index contributed by atoms with van der Waals surface area (Å²) in [5, 5.41) is 0. The molecule has 1 aliphatic rings. The summed E-state index contributed by atoms with van der Waals surface area (Å²) in [7, 11) is 3.26. The van der Waals surface area contributed by atoms with Gasteiger partial charge in [-0.1, -0.05) is 0 Å². The van der Waals surface area contributed by atoms with Gasteiger partial charge in [0.15, 0.2) is 11.5 Å². The number of ether oxygens (including phenoxy) is 3. The standard InChI is InChI=1S/C10H12INO2.C6H5BrINO/c1-13-8-5-6-9(11)12-10(8)14-7-3-2-4-7;1-10-4-2-3-5(8)9-6(4)7/h5-7H,2-4H2,1H3;2-3H,1H3. The monoisotopic (exact) mass is 618 g/mol. The first-order valence-electron chi connectivity index (χ1n) is 7.26. The number of rotatable bonds is 4. The summed E-state index contributed by atoms with van der Waals surface area (Å²) in [5.74, 6) is 2.11. The predicted octanol–water partition coefficient (Wildman–Crippen LogP) is 5.08. The van der Waals surface area contributed by atoms with Crippen LogP contribution in [-0.4, -0.2) is 30.3 Å². The van der Waals surface area contributed by atoms with Crippen molar-refractivity contribution in [2.75, 3.05) is 14.2 Å². The molecule has 5 nitrogen and oxygen atoms in total. The average molecular weight is 619 g/mol. The number of methoxy groups -OCH3 is 2. The van der Waals surface area contributed by atoms with Gasteiger partial charge in [0.2, 0.25) is 0 Å². The number of halogens is 3. The lowest BCUT2D eigenvalue weighted by atomic mass is 9.96. The molecule has 2 heterocycles. The van der Waals surface area contributed by atoms with Crippen LogP contribution in [0.2, 0.25) is 0 Å². The Labute approximate surface area is 177 Å². The molecule has 3 rings (SSSR count). The second kappa shape index (κ2) is 9.95. The van der Waals surface area contributed by atoms with Gasteiger partial charge in [-0.15, -0.1) is 0 Å². The topological polar surface area (TPSA) is 53.5 Å². The molecule has 0 radical (unpaired) electrons. The first-order chi connectivity index (χ1) is 11.5. The molecule has 0 aliphatic heterocycles. The highest BCUT2D eigenvalue weighted by Gasteiger charge is 2.21. The first-order valence-corrected chi connectivity index (χ1v) is 10.2. The zero-order valence-corrected chi connectivity index (χ0v) is 19.2. The van der Waals surface area contributed by atoms with Crippen molar-refractivity contribution in [2.45, 2.75) is 25.4 Å². The van der Waals surface area contributed by atoms with Crippen molar-refractivity contribution in [2.24, 2.45) is 0 Å². The van der Waals surface area contributed by atoms with Gasteiger partial charge in [0.1, 0.15) is 18.1 Å². The SMILES string of the molecule is COc1ccc(I)nc1Br.COc1ccc(I)nc1OC1CCC1. The number of aromatic nitrogens is 2. The van der Waals surface area contributed by atoms with Crippen LogP contribution < -0.4 is 14.2 Å². The van der Waals surface area contributed by atoms with E-state index in [1.807, 2.05) is 24.3 Å². The van der Waals surface area contributed by atoms with Crippen molar-refractivity contribution in [3.63, 3.8) is 0 Å². The van der Waals surface area contributed by atoms with E-state index in [9.17, 15) is 0 Å². The Kier molecular flexibility index (Phi) is 8.28. The minimum atomic E-state index is 0.342. The molecule has 0 unspecified atom stereocenters. The van der Waals surface area contributed by atoms with Crippen LogP contribution in [0.15, 0.2) is 28.9 Å². The summed E-state index contributed by atoms with van der Waals surface area (Å²) in [6.07, 6.45) is 3.87. The molecule has 2 aromatic rings. The van der Waals surface area contributed by atoms with Crippen molar-refractivity contribution >= 4 is 61.1 Å². The number of hydrogen-bond donors (Lipinski definition) is 0. The molecular weight excluding hydrogens is 602 g/mol. The molecular formula is C16H17BrI2N2O3. The van der Waals surface area contributed by atoms with E-state index in [-0.39, 0.29) is 0 Å². The quantitative estimate of drug-likeness (QED) is 0.353. The van der Waals surface area contributed by atoms with Crippen molar-refractivity contribution in [3.8, 4) is 17.4 Å². The highest BCUT2D eigenvalue weighted by Crippen LogP contribution is 2.30. The zero-order chi connectivity index (χ0) is 17.5. The Morgan fingerprint density at radius 1 is 0.958 bits per heavy atom. The molecule has 1 aliphatic carbocycles. The lowest BCUT2D eigenvalue weighted by Gasteiger charge is -2.26. The van der Waals surface area contributed by atoms with Crippen molar-refractivity contribution < 1.29 is 14.2 Å². The van der Waals surface area contributed by atoms with Gasteiger partial charge in [-0.25, -0.2) is 9.97 Å². The Morgan fingerprint density at radius 3 is 2.04 bits per heavy atom. The van der Waals surface area contributed by atoms with Crippen LogP contribution in [0.25, 0.3) is 0 Å². The molecule has 0 saturated heterocycles. The molecule has 8 heteroatoms. The Balaban J connectivity index is 0.000000185. The van der Waals surface area contributed by atoms with Gasteiger partial charge in [-0.3, -0.25) is 0 Å². The van der Waals surface area contributed by atoms with Gasteiger partial charge in [-0.05, 0) is 105 Å². The Bertz CT molecular complexity index is 684. The molecule has 0 aromatic carbocycles. The van der Waals surface area contributed by atoms with Crippen LogP contribution in [-0.2, 0) is 0 Å². The first kappa shape index (κ1) is 20.0. The largest absolute Gasteiger partial charge is 0.494 e. The minimum Gasteiger partial charge on any atom is -0.494 e. The van der Waals surface area contributed by atoms with Crippen LogP contribution in [0.1, 0.15) is 19.3 Å². The van der Waals surface area contributed by atoms with Crippen LogP contribution >= 0.6 is 61.1 Å². The molecule has 1 saturated carbocycles. The van der Waals surface area contributed by atoms with E-state index in [4.69, 9.17) is 14.2 Å². The normalized spacial score (nSPS) is 13.4. The fraction of sp³-hybridized carbons (Fsp3) is 0.375. The van der Waals surface area contributed by atoms with Crippen LogP contribution in [0, 0.1) is 7.40 Å². The summed E-state index contributed by atoms with van der Waals surface area (Å²) in [4.78, 5) is 8.43. The summed E-state index contributed by atoms with van der Waals surface area (Å²) in [6.45, 7) is 0. The number of pyridine rings is 2. The summed E-state index contributed by atoms with van der Waals surface area (Å²) >= 11 is 7.58. The number of hydrogen-bond acceptors (Lipinski definition) is 5. The van der Waals surface area contributed by atoms with Crippen molar-refractivity contribution in [1.82, 2.24) is 9.97 Å². The zero-order valence-electron chi connectivity index (χ0n) is 13.3. The summed E-state index contributed by atoms with van der Waals surface area (Å²) < 4.78 is 18.5. The second-order valence-corrected chi connectivity index (χ2v) is 7.90. The molecule has 0 amide bonds. The van der Waals surface area contributed by atoms with E-state index < -0.39 is 0 Å². The molecule has 0 N–H and O–H groups in total. The van der Waals surface area contributed by atoms with E-state index in [1.54, 1.807) is 14.2 Å². The minimum absolute atomic E-state index is 0.342. The Morgan fingerprint density at radius 2 is 1.54 bits per heavy atom. The molecule has 0 bridgehead atoms. The Hall–Kier alpha value is -0.360. The molecule has 130 valence electrons. The van der Waals surface area contributed by atoms with Gasteiger partial charge in [0, 0.05) is 0 Å².